The highest BCUT2D eigenvalue weighted by Crippen LogP contribution is 2.27. The summed E-state index contributed by atoms with van der Waals surface area (Å²) in [5.41, 5.74) is 3.29. The number of nitrogens with zero attached hydrogens (tertiary/aromatic N) is 4. The molecule has 0 aliphatic rings. The molecular formula is C21H21N5O4S. The van der Waals surface area contributed by atoms with Gasteiger partial charge in [-0.05, 0) is 38.1 Å². The second kappa shape index (κ2) is 8.60. The van der Waals surface area contributed by atoms with Crippen molar-refractivity contribution >= 4 is 22.4 Å². The molecule has 3 heterocycles. The van der Waals surface area contributed by atoms with Crippen molar-refractivity contribution in [1.82, 2.24) is 19.9 Å². The Balaban J connectivity index is 1.46. The predicted molar refractivity (Wildman–Crippen MR) is 116 cm³/mol. The molecule has 0 radical (unpaired) electrons. The summed E-state index contributed by atoms with van der Waals surface area (Å²) in [5, 5.41) is 13.4. The highest BCUT2D eigenvalue weighted by atomic mass is 32.1. The molecule has 160 valence electrons. The van der Waals surface area contributed by atoms with E-state index in [1.165, 1.54) is 11.3 Å². The fraction of sp³-hybridized carbons (Fsp3) is 0.238. The Hall–Kier alpha value is -3.66. The van der Waals surface area contributed by atoms with Gasteiger partial charge in [-0.25, -0.2) is 4.98 Å². The molecule has 4 rings (SSSR count). The summed E-state index contributed by atoms with van der Waals surface area (Å²) in [6.07, 6.45) is 1.89. The van der Waals surface area contributed by atoms with Crippen LogP contribution in [0.5, 0.6) is 11.5 Å². The van der Waals surface area contributed by atoms with Gasteiger partial charge >= 0.3 is 0 Å². The maximum Gasteiger partial charge on any atom is 0.280 e. The number of nitrogens with one attached hydrogen (secondary N) is 1. The molecule has 0 saturated carbocycles. The monoisotopic (exact) mass is 439 g/mol. The molecule has 3 aromatic heterocycles. The van der Waals surface area contributed by atoms with Gasteiger partial charge in [-0.3, -0.25) is 14.8 Å². The molecule has 10 heteroatoms. The van der Waals surface area contributed by atoms with E-state index in [1.54, 1.807) is 43.0 Å². The van der Waals surface area contributed by atoms with Crippen molar-refractivity contribution in [3.63, 3.8) is 0 Å². The molecule has 0 fully saturated rings. The predicted octanol–water partition coefficient (Wildman–Crippen LogP) is 3.99. The molecule has 0 aliphatic heterocycles. The van der Waals surface area contributed by atoms with Gasteiger partial charge in [-0.15, -0.1) is 11.3 Å². The Morgan fingerprint density at radius 1 is 1.23 bits per heavy atom. The van der Waals surface area contributed by atoms with E-state index in [4.69, 9.17) is 14.0 Å². The van der Waals surface area contributed by atoms with Crippen LogP contribution in [-0.2, 0) is 13.7 Å². The Kier molecular flexibility index (Phi) is 5.72. The maximum absolute atomic E-state index is 12.8. The van der Waals surface area contributed by atoms with Gasteiger partial charge in [0.25, 0.3) is 5.91 Å². The van der Waals surface area contributed by atoms with Crippen molar-refractivity contribution < 1.29 is 18.8 Å². The number of aromatic nitrogens is 4. The van der Waals surface area contributed by atoms with Crippen LogP contribution in [0.3, 0.4) is 0 Å². The quantitative estimate of drug-likeness (QED) is 0.464. The lowest BCUT2D eigenvalue weighted by Crippen LogP contribution is -2.15. The van der Waals surface area contributed by atoms with Gasteiger partial charge in [0.15, 0.2) is 10.8 Å². The van der Waals surface area contributed by atoms with Gasteiger partial charge in [-0.1, -0.05) is 5.16 Å². The second-order valence-corrected chi connectivity index (χ2v) is 7.68. The van der Waals surface area contributed by atoms with Crippen LogP contribution in [0.15, 0.2) is 40.4 Å². The van der Waals surface area contributed by atoms with Crippen LogP contribution in [0, 0.1) is 13.8 Å². The average Bonchev–Trinajstić information content (AvgIpc) is 3.45. The first kappa shape index (κ1) is 20.6. The number of hydrogen-bond donors (Lipinski definition) is 1. The van der Waals surface area contributed by atoms with E-state index in [0.717, 1.165) is 22.7 Å². The fourth-order valence-electron chi connectivity index (χ4n) is 3.03. The third-order valence-electron chi connectivity index (χ3n) is 4.66. The van der Waals surface area contributed by atoms with Crippen molar-refractivity contribution in [2.24, 2.45) is 7.05 Å². The van der Waals surface area contributed by atoms with Crippen molar-refractivity contribution in [3.05, 3.63) is 58.6 Å². The minimum absolute atomic E-state index is 0.141. The normalized spacial score (nSPS) is 10.8. The number of carbonyl (C=O) groups is 1. The smallest absolute Gasteiger partial charge is 0.280 e. The molecule has 0 aliphatic carbocycles. The molecule has 0 spiro atoms. The van der Waals surface area contributed by atoms with Gasteiger partial charge in [0.05, 0.1) is 24.1 Å². The van der Waals surface area contributed by atoms with Gasteiger partial charge in [0.2, 0.25) is 0 Å². The third kappa shape index (κ3) is 4.43. The molecular weight excluding hydrogens is 418 g/mol. The number of benzene rings is 1. The van der Waals surface area contributed by atoms with Gasteiger partial charge in [0, 0.05) is 24.2 Å². The highest BCUT2D eigenvalue weighted by molar-refractivity contribution is 7.14. The summed E-state index contributed by atoms with van der Waals surface area (Å²) in [6.45, 7) is 3.80. The van der Waals surface area contributed by atoms with Crippen LogP contribution in [0.1, 0.15) is 27.5 Å². The Labute approximate surface area is 182 Å². The van der Waals surface area contributed by atoms with E-state index in [2.05, 4.69) is 20.6 Å². The largest absolute Gasteiger partial charge is 0.497 e. The van der Waals surface area contributed by atoms with Crippen LogP contribution in [-0.4, -0.2) is 32.9 Å². The van der Waals surface area contributed by atoms with Crippen molar-refractivity contribution in [2.75, 3.05) is 12.4 Å². The molecule has 1 amide bonds. The minimum Gasteiger partial charge on any atom is -0.497 e. The molecule has 0 atom stereocenters. The van der Waals surface area contributed by atoms with E-state index in [9.17, 15) is 4.79 Å². The molecule has 31 heavy (non-hydrogen) atoms. The Morgan fingerprint density at radius 3 is 2.65 bits per heavy atom. The Bertz CT molecular complexity index is 1210. The molecule has 4 aromatic rings. The summed E-state index contributed by atoms with van der Waals surface area (Å²) in [6, 6.07) is 7.18. The van der Waals surface area contributed by atoms with Crippen molar-refractivity contribution in [1.29, 1.82) is 0 Å². The molecule has 9 nitrogen and oxygen atoms in total. The molecule has 1 N–H and O–H groups in total. The zero-order valence-corrected chi connectivity index (χ0v) is 18.3. The van der Waals surface area contributed by atoms with E-state index >= 15 is 0 Å². The van der Waals surface area contributed by atoms with E-state index in [-0.39, 0.29) is 12.3 Å². The van der Waals surface area contributed by atoms with Gasteiger partial charge < -0.3 is 14.0 Å². The zero-order chi connectivity index (χ0) is 22.0. The number of amides is 1. The minimum atomic E-state index is -0.408. The fourth-order valence-corrected chi connectivity index (χ4v) is 3.73. The number of carbonyl (C=O) groups excluding carboxylic acids is 1. The molecule has 0 unspecified atom stereocenters. The van der Waals surface area contributed by atoms with Crippen LogP contribution in [0.4, 0.5) is 5.13 Å². The lowest BCUT2D eigenvalue weighted by molar-refractivity contribution is 0.101. The maximum atomic E-state index is 12.8. The molecule has 0 saturated heterocycles. The topological polar surface area (TPSA) is 104 Å². The first-order valence-corrected chi connectivity index (χ1v) is 10.3. The van der Waals surface area contributed by atoms with E-state index in [0.29, 0.717) is 22.2 Å². The standard InChI is InChI=1S/C21H21N5O4S/c1-12-16(9-26(3)24-12)18-11-31-21(22-18)23-20(27)19-17(13(2)30-25-19)10-29-15-7-5-14(28-4)6-8-15/h5-9,11H,10H2,1-4H3,(H,22,23,27). The zero-order valence-electron chi connectivity index (χ0n) is 17.5. The summed E-state index contributed by atoms with van der Waals surface area (Å²) >= 11 is 1.33. The first-order valence-electron chi connectivity index (χ1n) is 9.44. The van der Waals surface area contributed by atoms with Crippen molar-refractivity contribution in [2.45, 2.75) is 20.5 Å². The van der Waals surface area contributed by atoms with Crippen LogP contribution in [0.25, 0.3) is 11.3 Å². The molecule has 0 bridgehead atoms. The number of aryl methyl sites for hydroxylation is 3. The number of rotatable bonds is 7. The number of thiazole rings is 1. The number of methoxy groups -OCH3 is 1. The van der Waals surface area contributed by atoms with Crippen LogP contribution in [0.2, 0.25) is 0 Å². The van der Waals surface area contributed by atoms with Gasteiger partial charge in [-0.2, -0.15) is 5.10 Å². The summed E-state index contributed by atoms with van der Waals surface area (Å²) in [4.78, 5) is 17.3. The van der Waals surface area contributed by atoms with Crippen LogP contribution < -0.4 is 14.8 Å². The summed E-state index contributed by atoms with van der Waals surface area (Å²) in [5.74, 6) is 1.49. The summed E-state index contributed by atoms with van der Waals surface area (Å²) < 4.78 is 17.9. The number of ether oxygens (including phenoxy) is 2. The average molecular weight is 439 g/mol. The van der Waals surface area contributed by atoms with Gasteiger partial charge in [0.1, 0.15) is 23.9 Å². The SMILES string of the molecule is COc1ccc(OCc2c(C(=O)Nc3nc(-c4cn(C)nc4C)cs3)noc2C)cc1. The molecule has 1 aromatic carbocycles. The van der Waals surface area contributed by atoms with E-state index in [1.807, 2.05) is 25.5 Å². The lowest BCUT2D eigenvalue weighted by Gasteiger charge is -2.07. The second-order valence-electron chi connectivity index (χ2n) is 6.82. The number of anilines is 1. The first-order chi connectivity index (χ1) is 14.9. The van der Waals surface area contributed by atoms with E-state index < -0.39 is 5.91 Å². The van der Waals surface area contributed by atoms with Crippen molar-refractivity contribution in [3.8, 4) is 22.8 Å². The summed E-state index contributed by atoms with van der Waals surface area (Å²) in [7, 11) is 3.46. The number of hydrogen-bond acceptors (Lipinski definition) is 8. The highest BCUT2D eigenvalue weighted by Gasteiger charge is 2.22. The Morgan fingerprint density at radius 2 is 1.97 bits per heavy atom. The third-order valence-corrected chi connectivity index (χ3v) is 5.41. The van der Waals surface area contributed by atoms with Crippen LogP contribution >= 0.6 is 11.3 Å². The lowest BCUT2D eigenvalue weighted by atomic mass is 10.2.